The molecule has 0 spiro atoms. The Labute approximate surface area is 177 Å². The molecule has 2 amide bonds. The molecule has 2 aromatic rings. The lowest BCUT2D eigenvalue weighted by molar-refractivity contribution is -0.130. The number of anilines is 1. The summed E-state index contributed by atoms with van der Waals surface area (Å²) in [5, 5.41) is 15.2. The molecule has 0 bridgehead atoms. The van der Waals surface area contributed by atoms with E-state index in [9.17, 15) is 9.59 Å². The average Bonchev–Trinajstić information content (AvgIpc) is 3.15. The third-order valence-corrected chi connectivity index (χ3v) is 5.86. The lowest BCUT2D eigenvalue weighted by atomic mass is 9.96. The van der Waals surface area contributed by atoms with Crippen LogP contribution in [0.25, 0.3) is 10.6 Å². The van der Waals surface area contributed by atoms with Gasteiger partial charge >= 0.3 is 0 Å². The number of hydrogen-bond donors (Lipinski definition) is 2. The Bertz CT molecular complexity index is 801. The highest BCUT2D eigenvalue weighted by atomic mass is 32.1. The minimum Gasteiger partial charge on any atom is -0.344 e. The highest BCUT2D eigenvalue weighted by Gasteiger charge is 2.27. The van der Waals surface area contributed by atoms with Gasteiger partial charge in [0.15, 0.2) is 0 Å². The highest BCUT2D eigenvalue weighted by molar-refractivity contribution is 7.18. The van der Waals surface area contributed by atoms with Gasteiger partial charge in [-0.1, -0.05) is 81.7 Å². The molecule has 0 aliphatic rings. The van der Waals surface area contributed by atoms with E-state index in [0.29, 0.717) is 5.13 Å². The van der Waals surface area contributed by atoms with Crippen molar-refractivity contribution < 1.29 is 9.59 Å². The third-order valence-electron chi connectivity index (χ3n) is 4.97. The number of amides is 2. The first-order valence-electron chi connectivity index (χ1n) is 10.4. The SMILES string of the molecule is CCCC[C@@H](CC)C(=O)N[C@@H](C(=O)Nc1nnc(-c2ccc(C)cc2)s1)C(C)C. The number of nitrogens with one attached hydrogen (secondary N) is 2. The van der Waals surface area contributed by atoms with E-state index in [4.69, 9.17) is 0 Å². The molecule has 1 aromatic heterocycles. The molecule has 0 aliphatic heterocycles. The third kappa shape index (κ3) is 6.63. The first-order valence-corrected chi connectivity index (χ1v) is 11.2. The van der Waals surface area contributed by atoms with E-state index in [1.807, 2.05) is 52.0 Å². The largest absolute Gasteiger partial charge is 0.344 e. The molecule has 2 atom stereocenters. The van der Waals surface area contributed by atoms with Crippen molar-refractivity contribution in [3.05, 3.63) is 29.8 Å². The monoisotopic (exact) mass is 416 g/mol. The molecule has 1 aromatic carbocycles. The minimum atomic E-state index is -0.607. The number of benzene rings is 1. The summed E-state index contributed by atoms with van der Waals surface area (Å²) in [5.41, 5.74) is 2.13. The number of nitrogens with zero attached hydrogens (tertiary/aromatic N) is 2. The van der Waals surface area contributed by atoms with Crippen LogP contribution in [-0.4, -0.2) is 28.1 Å². The Morgan fingerprint density at radius 2 is 1.76 bits per heavy atom. The minimum absolute atomic E-state index is 0.0351. The number of unbranched alkanes of at least 4 members (excludes halogenated alkanes) is 1. The average molecular weight is 417 g/mol. The molecule has 0 saturated heterocycles. The van der Waals surface area contributed by atoms with Crippen LogP contribution in [0.3, 0.4) is 0 Å². The maximum absolute atomic E-state index is 12.8. The summed E-state index contributed by atoms with van der Waals surface area (Å²) in [7, 11) is 0. The van der Waals surface area contributed by atoms with Crippen LogP contribution in [0.2, 0.25) is 0 Å². The van der Waals surface area contributed by atoms with Crippen molar-refractivity contribution in [3.8, 4) is 10.6 Å². The molecule has 158 valence electrons. The zero-order valence-corrected chi connectivity index (χ0v) is 18.8. The van der Waals surface area contributed by atoms with Gasteiger partial charge in [0, 0.05) is 11.5 Å². The number of rotatable bonds is 10. The van der Waals surface area contributed by atoms with Gasteiger partial charge in [0.05, 0.1) is 0 Å². The quantitative estimate of drug-likeness (QED) is 0.582. The topological polar surface area (TPSA) is 84.0 Å². The van der Waals surface area contributed by atoms with Crippen molar-refractivity contribution in [3.63, 3.8) is 0 Å². The van der Waals surface area contributed by atoms with Gasteiger partial charge in [0.25, 0.3) is 0 Å². The second kappa shape index (κ2) is 11.0. The van der Waals surface area contributed by atoms with Crippen molar-refractivity contribution in [2.75, 3.05) is 5.32 Å². The summed E-state index contributed by atoms with van der Waals surface area (Å²) in [5.74, 6) is -0.400. The lowest BCUT2D eigenvalue weighted by Gasteiger charge is -2.24. The van der Waals surface area contributed by atoms with Crippen molar-refractivity contribution in [1.29, 1.82) is 0 Å². The normalized spacial score (nSPS) is 13.2. The van der Waals surface area contributed by atoms with Crippen LogP contribution < -0.4 is 10.6 Å². The van der Waals surface area contributed by atoms with Gasteiger partial charge in [-0.25, -0.2) is 0 Å². The lowest BCUT2D eigenvalue weighted by Crippen LogP contribution is -2.49. The van der Waals surface area contributed by atoms with Crippen LogP contribution in [0.5, 0.6) is 0 Å². The Hall–Kier alpha value is -2.28. The van der Waals surface area contributed by atoms with Crippen LogP contribution >= 0.6 is 11.3 Å². The fourth-order valence-electron chi connectivity index (χ4n) is 3.05. The van der Waals surface area contributed by atoms with E-state index in [-0.39, 0.29) is 23.7 Å². The standard InChI is InChI=1S/C22H32N4O2S/c1-6-8-9-16(7-2)19(27)23-18(14(3)4)20(28)24-22-26-25-21(29-22)17-12-10-15(5)11-13-17/h10-14,16,18H,6-9H2,1-5H3,(H,23,27)(H,24,26,28)/t16-,18-/m1/s1. The zero-order chi connectivity index (χ0) is 21.4. The van der Waals surface area contributed by atoms with Crippen LogP contribution in [0.4, 0.5) is 5.13 Å². The number of hydrogen-bond acceptors (Lipinski definition) is 5. The highest BCUT2D eigenvalue weighted by Crippen LogP contribution is 2.26. The van der Waals surface area contributed by atoms with Crippen molar-refractivity contribution in [1.82, 2.24) is 15.5 Å². The number of aryl methyl sites for hydroxylation is 1. The predicted molar refractivity (Wildman–Crippen MR) is 119 cm³/mol. The van der Waals surface area contributed by atoms with Crippen molar-refractivity contribution in [2.24, 2.45) is 11.8 Å². The molecule has 1 heterocycles. The van der Waals surface area contributed by atoms with Crippen LogP contribution in [-0.2, 0) is 9.59 Å². The Morgan fingerprint density at radius 1 is 1.07 bits per heavy atom. The molecule has 7 heteroatoms. The molecule has 0 fully saturated rings. The maximum atomic E-state index is 12.8. The van der Waals surface area contributed by atoms with Crippen LogP contribution in [0.1, 0.15) is 58.9 Å². The summed E-state index contributed by atoms with van der Waals surface area (Å²) >= 11 is 1.32. The Kier molecular flexibility index (Phi) is 8.76. The predicted octanol–water partition coefficient (Wildman–Crippen LogP) is 4.81. The van der Waals surface area contributed by atoms with Crippen molar-refractivity contribution in [2.45, 2.75) is 66.3 Å². The van der Waals surface area contributed by atoms with Crippen molar-refractivity contribution >= 4 is 28.3 Å². The second-order valence-corrected chi connectivity index (χ2v) is 8.72. The molecule has 2 N–H and O–H groups in total. The van der Waals surface area contributed by atoms with Gasteiger partial charge in [-0.3, -0.25) is 14.9 Å². The molecule has 0 aliphatic carbocycles. The van der Waals surface area contributed by atoms with Gasteiger partial charge in [0.2, 0.25) is 16.9 Å². The van der Waals surface area contributed by atoms with Gasteiger partial charge < -0.3 is 5.32 Å². The van der Waals surface area contributed by atoms with E-state index in [0.717, 1.165) is 36.3 Å². The van der Waals surface area contributed by atoms with E-state index >= 15 is 0 Å². The van der Waals surface area contributed by atoms with Gasteiger partial charge in [-0.2, -0.15) is 0 Å². The second-order valence-electron chi connectivity index (χ2n) is 7.75. The molecule has 0 unspecified atom stereocenters. The van der Waals surface area contributed by atoms with E-state index in [1.165, 1.54) is 16.9 Å². The molecular weight excluding hydrogens is 384 g/mol. The summed E-state index contributed by atoms with van der Waals surface area (Å²) in [6.07, 6.45) is 3.69. The Balaban J connectivity index is 2.04. The van der Waals surface area contributed by atoms with Crippen LogP contribution in [0, 0.1) is 18.8 Å². The summed E-state index contributed by atoms with van der Waals surface area (Å²) in [6, 6.07) is 7.40. The molecule has 2 rings (SSSR count). The van der Waals surface area contributed by atoms with Gasteiger partial charge in [0.1, 0.15) is 11.0 Å². The van der Waals surface area contributed by atoms with E-state index in [1.54, 1.807) is 0 Å². The number of aromatic nitrogens is 2. The molecule has 29 heavy (non-hydrogen) atoms. The summed E-state index contributed by atoms with van der Waals surface area (Å²) < 4.78 is 0. The molecule has 0 radical (unpaired) electrons. The number of carbonyl (C=O) groups is 2. The van der Waals surface area contributed by atoms with Gasteiger partial charge in [-0.05, 0) is 25.7 Å². The molecule has 0 saturated carbocycles. The van der Waals surface area contributed by atoms with Gasteiger partial charge in [-0.15, -0.1) is 10.2 Å². The summed E-state index contributed by atoms with van der Waals surface area (Å²) in [6.45, 7) is 10.0. The molecule has 6 nitrogen and oxygen atoms in total. The maximum Gasteiger partial charge on any atom is 0.249 e. The smallest absolute Gasteiger partial charge is 0.249 e. The summed E-state index contributed by atoms with van der Waals surface area (Å²) in [4.78, 5) is 25.5. The van der Waals surface area contributed by atoms with E-state index < -0.39 is 6.04 Å². The fraction of sp³-hybridized carbons (Fsp3) is 0.545. The molecular formula is C22H32N4O2S. The first kappa shape index (κ1) is 23.0. The fourth-order valence-corrected chi connectivity index (χ4v) is 3.80. The van der Waals surface area contributed by atoms with Crippen LogP contribution in [0.15, 0.2) is 24.3 Å². The first-order chi connectivity index (χ1) is 13.8. The zero-order valence-electron chi connectivity index (χ0n) is 18.0. The van der Waals surface area contributed by atoms with E-state index in [2.05, 4.69) is 27.8 Å². The number of carbonyl (C=O) groups excluding carboxylic acids is 2. The Morgan fingerprint density at radius 3 is 2.34 bits per heavy atom.